The van der Waals surface area contributed by atoms with Crippen LogP contribution in [0.5, 0.6) is 0 Å². The van der Waals surface area contributed by atoms with Gasteiger partial charge in [0.2, 0.25) is 5.89 Å². The third-order valence-electron chi connectivity index (χ3n) is 3.43. The van der Waals surface area contributed by atoms with Crippen LogP contribution in [0.3, 0.4) is 0 Å². The van der Waals surface area contributed by atoms with E-state index in [1.165, 1.54) is 0 Å². The summed E-state index contributed by atoms with van der Waals surface area (Å²) in [7, 11) is 0. The molecule has 2 rings (SSSR count). The quantitative estimate of drug-likeness (QED) is 0.879. The van der Waals surface area contributed by atoms with E-state index in [4.69, 9.17) is 4.52 Å². The third kappa shape index (κ3) is 3.29. The Morgan fingerprint density at radius 2 is 2.00 bits per heavy atom. The fraction of sp³-hybridized carbons (Fsp3) is 0.846. The SMILES string of the molecule is CC(C)Cc1noc(CN2C(C)CNCC2C)n1. The van der Waals surface area contributed by atoms with Crippen LogP contribution in [-0.2, 0) is 13.0 Å². The lowest BCUT2D eigenvalue weighted by Gasteiger charge is -2.38. The minimum atomic E-state index is 0.509. The first kappa shape index (κ1) is 13.5. The van der Waals surface area contributed by atoms with E-state index in [1.54, 1.807) is 0 Å². The molecule has 0 bridgehead atoms. The largest absolute Gasteiger partial charge is 0.338 e. The summed E-state index contributed by atoms with van der Waals surface area (Å²) < 4.78 is 5.34. The minimum absolute atomic E-state index is 0.509. The van der Waals surface area contributed by atoms with Gasteiger partial charge < -0.3 is 9.84 Å². The Hall–Kier alpha value is -0.940. The zero-order chi connectivity index (χ0) is 13.1. The molecule has 0 spiro atoms. The van der Waals surface area contributed by atoms with Crippen molar-refractivity contribution in [2.24, 2.45) is 5.92 Å². The van der Waals surface area contributed by atoms with E-state index < -0.39 is 0 Å². The van der Waals surface area contributed by atoms with E-state index in [1.807, 2.05) is 0 Å². The molecule has 2 heterocycles. The summed E-state index contributed by atoms with van der Waals surface area (Å²) in [4.78, 5) is 6.89. The monoisotopic (exact) mass is 252 g/mol. The van der Waals surface area contributed by atoms with Crippen molar-refractivity contribution in [1.29, 1.82) is 0 Å². The van der Waals surface area contributed by atoms with Crippen LogP contribution < -0.4 is 5.32 Å². The van der Waals surface area contributed by atoms with Gasteiger partial charge in [0.15, 0.2) is 5.82 Å². The molecule has 0 radical (unpaired) electrons. The molecule has 1 saturated heterocycles. The van der Waals surface area contributed by atoms with E-state index in [9.17, 15) is 0 Å². The van der Waals surface area contributed by atoms with Crippen molar-refractivity contribution < 1.29 is 4.52 Å². The van der Waals surface area contributed by atoms with Crippen molar-refractivity contribution in [3.05, 3.63) is 11.7 Å². The summed E-state index contributed by atoms with van der Waals surface area (Å²) >= 11 is 0. The number of aromatic nitrogens is 2. The van der Waals surface area contributed by atoms with Gasteiger partial charge in [0.05, 0.1) is 6.54 Å². The average Bonchev–Trinajstić information content (AvgIpc) is 2.70. The summed E-state index contributed by atoms with van der Waals surface area (Å²) in [6, 6.07) is 1.02. The van der Waals surface area contributed by atoms with Crippen LogP contribution in [0.1, 0.15) is 39.4 Å². The highest BCUT2D eigenvalue weighted by atomic mass is 16.5. The summed E-state index contributed by atoms with van der Waals surface area (Å²) in [5, 5.41) is 7.47. The van der Waals surface area contributed by atoms with Gasteiger partial charge in [-0.3, -0.25) is 4.90 Å². The van der Waals surface area contributed by atoms with Crippen LogP contribution in [0, 0.1) is 5.92 Å². The van der Waals surface area contributed by atoms with E-state index in [-0.39, 0.29) is 0 Å². The van der Waals surface area contributed by atoms with Gasteiger partial charge in [-0.2, -0.15) is 4.98 Å². The number of nitrogens with one attached hydrogen (secondary N) is 1. The second-order valence-corrected chi connectivity index (χ2v) is 5.73. The molecule has 5 heteroatoms. The van der Waals surface area contributed by atoms with Crippen molar-refractivity contribution in [3.8, 4) is 0 Å². The topological polar surface area (TPSA) is 54.2 Å². The third-order valence-corrected chi connectivity index (χ3v) is 3.43. The predicted molar refractivity (Wildman–Crippen MR) is 70.2 cm³/mol. The van der Waals surface area contributed by atoms with Crippen molar-refractivity contribution in [1.82, 2.24) is 20.4 Å². The smallest absolute Gasteiger partial charge is 0.240 e. The average molecular weight is 252 g/mol. The second kappa shape index (κ2) is 5.80. The Morgan fingerprint density at radius 3 is 2.61 bits per heavy atom. The minimum Gasteiger partial charge on any atom is -0.338 e. The van der Waals surface area contributed by atoms with Gasteiger partial charge in [-0.1, -0.05) is 19.0 Å². The van der Waals surface area contributed by atoms with Crippen LogP contribution in [-0.4, -0.2) is 40.2 Å². The molecule has 18 heavy (non-hydrogen) atoms. The van der Waals surface area contributed by atoms with Gasteiger partial charge in [-0.25, -0.2) is 0 Å². The Balaban J connectivity index is 1.97. The maximum atomic E-state index is 5.34. The van der Waals surface area contributed by atoms with E-state index in [2.05, 4.69) is 48.1 Å². The molecule has 0 aliphatic carbocycles. The van der Waals surface area contributed by atoms with E-state index in [0.717, 1.165) is 37.8 Å². The fourth-order valence-corrected chi connectivity index (χ4v) is 2.44. The molecular formula is C13H24N4O. The molecule has 1 fully saturated rings. The zero-order valence-electron chi connectivity index (χ0n) is 11.8. The molecule has 0 aromatic carbocycles. The highest BCUT2D eigenvalue weighted by Gasteiger charge is 2.26. The molecule has 1 aliphatic rings. The van der Waals surface area contributed by atoms with Gasteiger partial charge in [-0.05, 0) is 19.8 Å². The van der Waals surface area contributed by atoms with E-state index in [0.29, 0.717) is 18.0 Å². The van der Waals surface area contributed by atoms with Gasteiger partial charge in [0.1, 0.15) is 0 Å². The normalized spacial score (nSPS) is 25.8. The Bertz CT molecular complexity index is 367. The van der Waals surface area contributed by atoms with E-state index >= 15 is 0 Å². The first-order chi connectivity index (χ1) is 8.56. The number of hydrogen-bond donors (Lipinski definition) is 1. The summed E-state index contributed by atoms with van der Waals surface area (Å²) in [6.45, 7) is 11.6. The maximum absolute atomic E-state index is 5.34. The second-order valence-electron chi connectivity index (χ2n) is 5.73. The highest BCUT2D eigenvalue weighted by molar-refractivity contribution is 4.91. The van der Waals surface area contributed by atoms with Gasteiger partial charge in [0, 0.05) is 31.6 Å². The van der Waals surface area contributed by atoms with Crippen LogP contribution in [0.2, 0.25) is 0 Å². The molecule has 1 N–H and O–H groups in total. The fourth-order valence-electron chi connectivity index (χ4n) is 2.44. The first-order valence-electron chi connectivity index (χ1n) is 6.84. The highest BCUT2D eigenvalue weighted by Crippen LogP contribution is 2.14. The standard InChI is InChI=1S/C13H24N4O/c1-9(2)5-12-15-13(18-16-12)8-17-10(3)6-14-7-11(17)4/h9-11,14H,5-8H2,1-4H3. The number of nitrogens with zero attached hydrogens (tertiary/aromatic N) is 3. The van der Waals surface area contributed by atoms with Crippen molar-refractivity contribution in [2.45, 2.75) is 52.7 Å². The van der Waals surface area contributed by atoms with Crippen molar-refractivity contribution >= 4 is 0 Å². The number of rotatable bonds is 4. The Kier molecular flexibility index (Phi) is 4.35. The number of hydrogen-bond acceptors (Lipinski definition) is 5. The maximum Gasteiger partial charge on any atom is 0.240 e. The first-order valence-corrected chi connectivity index (χ1v) is 6.84. The number of piperazine rings is 1. The zero-order valence-corrected chi connectivity index (χ0v) is 11.8. The summed E-state index contributed by atoms with van der Waals surface area (Å²) in [5.74, 6) is 2.13. The van der Waals surface area contributed by atoms with Gasteiger partial charge >= 0.3 is 0 Å². The lowest BCUT2D eigenvalue weighted by atomic mass is 10.1. The predicted octanol–water partition coefficient (Wildman–Crippen LogP) is 1.45. The van der Waals surface area contributed by atoms with Crippen molar-refractivity contribution in [3.63, 3.8) is 0 Å². The van der Waals surface area contributed by atoms with Gasteiger partial charge in [0.25, 0.3) is 0 Å². The van der Waals surface area contributed by atoms with Gasteiger partial charge in [-0.15, -0.1) is 0 Å². The summed E-state index contributed by atoms with van der Waals surface area (Å²) in [6.07, 6.45) is 0.885. The Morgan fingerprint density at radius 1 is 1.33 bits per heavy atom. The van der Waals surface area contributed by atoms with Crippen LogP contribution in [0.4, 0.5) is 0 Å². The molecule has 1 aliphatic heterocycles. The molecule has 2 atom stereocenters. The van der Waals surface area contributed by atoms with Crippen LogP contribution in [0.25, 0.3) is 0 Å². The van der Waals surface area contributed by atoms with Crippen LogP contribution >= 0.6 is 0 Å². The molecule has 102 valence electrons. The molecular weight excluding hydrogens is 228 g/mol. The lowest BCUT2D eigenvalue weighted by Crippen LogP contribution is -2.54. The molecule has 1 aromatic heterocycles. The summed E-state index contributed by atoms with van der Waals surface area (Å²) in [5.41, 5.74) is 0. The van der Waals surface area contributed by atoms with Crippen LogP contribution in [0.15, 0.2) is 4.52 Å². The molecule has 1 aromatic rings. The molecule has 0 saturated carbocycles. The molecule has 2 unspecified atom stereocenters. The molecule has 0 amide bonds. The lowest BCUT2D eigenvalue weighted by molar-refractivity contribution is 0.0947. The van der Waals surface area contributed by atoms with Crippen molar-refractivity contribution in [2.75, 3.05) is 13.1 Å². The molecule has 5 nitrogen and oxygen atoms in total. The Labute approximate surface area is 109 Å².